The maximum atomic E-state index is 12.2. The highest BCUT2D eigenvalue weighted by Crippen LogP contribution is 2.21. The van der Waals surface area contributed by atoms with Gasteiger partial charge in [-0.2, -0.15) is 0 Å². The Hall–Kier alpha value is -2.37. The van der Waals surface area contributed by atoms with Crippen molar-refractivity contribution in [2.24, 2.45) is 5.92 Å². The summed E-state index contributed by atoms with van der Waals surface area (Å²) in [4.78, 5) is 36.8. The van der Waals surface area contributed by atoms with Crippen LogP contribution in [0.4, 0.5) is 5.69 Å². The molecular weight excluding hydrogens is 296 g/mol. The van der Waals surface area contributed by atoms with Gasteiger partial charge in [0.2, 0.25) is 5.91 Å². The lowest BCUT2D eigenvalue weighted by molar-refractivity contribution is -0.139. The maximum absolute atomic E-state index is 12.2. The van der Waals surface area contributed by atoms with Gasteiger partial charge in [-0.05, 0) is 43.0 Å². The van der Waals surface area contributed by atoms with Crippen molar-refractivity contribution in [2.75, 3.05) is 11.4 Å². The molecule has 2 rings (SSSR count). The molecular formula is C17H22N2O4. The van der Waals surface area contributed by atoms with Gasteiger partial charge in [0.25, 0.3) is 5.91 Å². The van der Waals surface area contributed by atoms with Crippen molar-refractivity contribution in [3.05, 3.63) is 29.8 Å². The number of carboxylic acid groups (broad SMARTS) is 1. The molecule has 6 heteroatoms. The van der Waals surface area contributed by atoms with Gasteiger partial charge in [-0.25, -0.2) is 4.79 Å². The second-order valence-corrected chi connectivity index (χ2v) is 6.19. The summed E-state index contributed by atoms with van der Waals surface area (Å²) >= 11 is 0. The molecule has 0 bridgehead atoms. The van der Waals surface area contributed by atoms with Gasteiger partial charge in [0, 0.05) is 24.2 Å². The van der Waals surface area contributed by atoms with E-state index in [0.29, 0.717) is 24.9 Å². The Morgan fingerprint density at radius 2 is 1.91 bits per heavy atom. The first-order valence-corrected chi connectivity index (χ1v) is 7.82. The van der Waals surface area contributed by atoms with Crippen molar-refractivity contribution < 1.29 is 19.5 Å². The summed E-state index contributed by atoms with van der Waals surface area (Å²) in [5.41, 5.74) is 1.15. The normalized spacial score (nSPS) is 15.8. The first kappa shape index (κ1) is 17.0. The monoisotopic (exact) mass is 318 g/mol. The fraction of sp³-hybridized carbons (Fsp3) is 0.471. The molecule has 0 unspecified atom stereocenters. The van der Waals surface area contributed by atoms with Crippen molar-refractivity contribution in [1.29, 1.82) is 0 Å². The van der Waals surface area contributed by atoms with E-state index in [1.807, 2.05) is 13.8 Å². The highest BCUT2D eigenvalue weighted by atomic mass is 16.4. The Morgan fingerprint density at radius 1 is 1.26 bits per heavy atom. The number of carbonyl (C=O) groups excluding carboxylic acids is 2. The summed E-state index contributed by atoms with van der Waals surface area (Å²) in [7, 11) is 0. The molecule has 6 nitrogen and oxygen atoms in total. The number of anilines is 1. The Kier molecular flexibility index (Phi) is 5.36. The molecule has 1 aromatic rings. The smallest absolute Gasteiger partial charge is 0.326 e. The number of carbonyl (C=O) groups is 3. The van der Waals surface area contributed by atoms with E-state index in [0.717, 1.165) is 12.1 Å². The molecule has 0 saturated carbocycles. The molecule has 1 atom stereocenters. The zero-order valence-electron chi connectivity index (χ0n) is 13.4. The molecule has 1 aliphatic rings. The van der Waals surface area contributed by atoms with Crippen molar-refractivity contribution in [3.8, 4) is 0 Å². The van der Waals surface area contributed by atoms with E-state index < -0.39 is 17.9 Å². The van der Waals surface area contributed by atoms with Crippen LogP contribution >= 0.6 is 0 Å². The van der Waals surface area contributed by atoms with Crippen molar-refractivity contribution in [3.63, 3.8) is 0 Å². The Morgan fingerprint density at radius 3 is 2.39 bits per heavy atom. The van der Waals surface area contributed by atoms with E-state index in [1.165, 1.54) is 0 Å². The molecule has 124 valence electrons. The quantitative estimate of drug-likeness (QED) is 0.840. The number of nitrogens with zero attached hydrogens (tertiary/aromatic N) is 1. The lowest BCUT2D eigenvalue weighted by Crippen LogP contribution is -2.41. The van der Waals surface area contributed by atoms with Crippen LogP contribution in [0.1, 0.15) is 43.5 Å². The minimum Gasteiger partial charge on any atom is -0.480 e. The van der Waals surface area contributed by atoms with E-state index in [1.54, 1.807) is 29.2 Å². The predicted octanol–water partition coefficient (Wildman–Crippen LogP) is 2.04. The Balaban J connectivity index is 2.04. The van der Waals surface area contributed by atoms with Gasteiger partial charge in [-0.1, -0.05) is 13.8 Å². The van der Waals surface area contributed by atoms with Gasteiger partial charge >= 0.3 is 5.97 Å². The minimum absolute atomic E-state index is 0.0880. The Labute approximate surface area is 135 Å². The molecule has 1 aromatic carbocycles. The van der Waals surface area contributed by atoms with Crippen molar-refractivity contribution in [1.82, 2.24) is 5.32 Å². The molecule has 2 amide bonds. The van der Waals surface area contributed by atoms with Crippen LogP contribution in [-0.4, -0.2) is 35.5 Å². The van der Waals surface area contributed by atoms with Gasteiger partial charge in [-0.15, -0.1) is 0 Å². The van der Waals surface area contributed by atoms with Crippen LogP contribution in [0.5, 0.6) is 0 Å². The number of benzene rings is 1. The summed E-state index contributed by atoms with van der Waals surface area (Å²) in [5, 5.41) is 11.7. The number of nitrogens with one attached hydrogen (secondary N) is 1. The summed E-state index contributed by atoms with van der Waals surface area (Å²) in [6.45, 7) is 4.51. The zero-order valence-corrected chi connectivity index (χ0v) is 13.4. The predicted molar refractivity (Wildman–Crippen MR) is 86.4 cm³/mol. The average Bonchev–Trinajstić information content (AvgIpc) is 2.92. The number of rotatable bonds is 6. The topological polar surface area (TPSA) is 86.7 Å². The molecule has 1 fully saturated rings. The molecule has 0 spiro atoms. The summed E-state index contributed by atoms with van der Waals surface area (Å²) in [5.74, 6) is -1.20. The second-order valence-electron chi connectivity index (χ2n) is 6.19. The fourth-order valence-electron chi connectivity index (χ4n) is 2.65. The van der Waals surface area contributed by atoms with E-state index in [-0.39, 0.29) is 11.8 Å². The standard InChI is InChI=1S/C17H22N2O4/c1-11(2)10-14(17(22)23)18-16(21)12-5-7-13(8-6-12)19-9-3-4-15(19)20/h5-8,11,14H,3-4,9-10H2,1-2H3,(H,18,21)(H,22,23)/t14-/m1/s1. The van der Waals surface area contributed by atoms with Gasteiger partial charge < -0.3 is 15.3 Å². The largest absolute Gasteiger partial charge is 0.480 e. The zero-order chi connectivity index (χ0) is 17.0. The van der Waals surface area contributed by atoms with E-state index in [2.05, 4.69) is 5.32 Å². The van der Waals surface area contributed by atoms with Crippen LogP contribution in [-0.2, 0) is 9.59 Å². The summed E-state index contributed by atoms with van der Waals surface area (Å²) < 4.78 is 0. The minimum atomic E-state index is -1.04. The fourth-order valence-corrected chi connectivity index (χ4v) is 2.65. The maximum Gasteiger partial charge on any atom is 0.326 e. The van der Waals surface area contributed by atoms with Crippen LogP contribution in [0.3, 0.4) is 0 Å². The highest BCUT2D eigenvalue weighted by Gasteiger charge is 2.23. The first-order valence-electron chi connectivity index (χ1n) is 7.82. The van der Waals surface area contributed by atoms with Gasteiger partial charge in [-0.3, -0.25) is 9.59 Å². The Bertz CT molecular complexity index is 595. The summed E-state index contributed by atoms with van der Waals surface area (Å²) in [6, 6.07) is 5.77. The van der Waals surface area contributed by atoms with Crippen LogP contribution in [0, 0.1) is 5.92 Å². The van der Waals surface area contributed by atoms with Crippen LogP contribution < -0.4 is 10.2 Å². The lowest BCUT2D eigenvalue weighted by atomic mass is 10.0. The van der Waals surface area contributed by atoms with E-state index in [4.69, 9.17) is 0 Å². The van der Waals surface area contributed by atoms with E-state index in [9.17, 15) is 19.5 Å². The summed E-state index contributed by atoms with van der Waals surface area (Å²) in [6.07, 6.45) is 1.77. The number of aliphatic carboxylic acids is 1. The number of carboxylic acids is 1. The third-order valence-corrected chi connectivity index (χ3v) is 3.83. The van der Waals surface area contributed by atoms with Crippen LogP contribution in [0.15, 0.2) is 24.3 Å². The van der Waals surface area contributed by atoms with Gasteiger partial charge in [0.1, 0.15) is 6.04 Å². The van der Waals surface area contributed by atoms with Gasteiger partial charge in [0.15, 0.2) is 0 Å². The third kappa shape index (κ3) is 4.31. The molecule has 23 heavy (non-hydrogen) atoms. The number of hydrogen-bond acceptors (Lipinski definition) is 3. The molecule has 1 heterocycles. The first-order chi connectivity index (χ1) is 10.9. The number of amides is 2. The lowest BCUT2D eigenvalue weighted by Gasteiger charge is -2.18. The van der Waals surface area contributed by atoms with E-state index >= 15 is 0 Å². The van der Waals surface area contributed by atoms with Crippen LogP contribution in [0.25, 0.3) is 0 Å². The molecule has 0 aliphatic carbocycles. The van der Waals surface area contributed by atoms with Crippen molar-refractivity contribution in [2.45, 2.75) is 39.2 Å². The van der Waals surface area contributed by atoms with Crippen LogP contribution in [0.2, 0.25) is 0 Å². The molecule has 1 aliphatic heterocycles. The highest BCUT2D eigenvalue weighted by molar-refractivity contribution is 5.98. The molecule has 0 radical (unpaired) electrons. The third-order valence-electron chi connectivity index (χ3n) is 3.83. The van der Waals surface area contributed by atoms with Crippen molar-refractivity contribution >= 4 is 23.5 Å². The molecule has 0 aromatic heterocycles. The molecule has 2 N–H and O–H groups in total. The SMILES string of the molecule is CC(C)C[C@@H](NC(=O)c1ccc(N2CCCC2=O)cc1)C(=O)O. The molecule has 1 saturated heterocycles. The van der Waals surface area contributed by atoms with Gasteiger partial charge in [0.05, 0.1) is 0 Å². The average molecular weight is 318 g/mol. The second kappa shape index (κ2) is 7.26. The number of hydrogen-bond donors (Lipinski definition) is 2.